The Morgan fingerprint density at radius 1 is 1.03 bits per heavy atom. The second kappa shape index (κ2) is 8.49. The number of amides is 2. The molecule has 1 aliphatic heterocycles. The number of benzene rings is 1. The number of fused-ring (bicyclic) bond motifs is 1. The van der Waals surface area contributed by atoms with E-state index >= 15 is 0 Å². The van der Waals surface area contributed by atoms with E-state index in [1.54, 1.807) is 4.90 Å². The highest BCUT2D eigenvalue weighted by molar-refractivity contribution is 6.06. The average molecular weight is 421 g/mol. The Morgan fingerprint density at radius 2 is 1.65 bits per heavy atom. The molecule has 0 radical (unpaired) electrons. The van der Waals surface area contributed by atoms with Crippen molar-refractivity contribution in [2.75, 3.05) is 26.2 Å². The molecule has 4 rings (SSSR count). The predicted molar refractivity (Wildman–Crippen MR) is 118 cm³/mol. The molecule has 7 nitrogen and oxygen atoms in total. The Morgan fingerprint density at radius 3 is 2.23 bits per heavy atom. The number of aromatic nitrogens is 2. The molecular formula is C24H28N4O3. The normalized spacial score (nSPS) is 14.5. The molecule has 0 saturated carbocycles. The maximum atomic E-state index is 13.4. The molecule has 3 heterocycles. The van der Waals surface area contributed by atoms with E-state index in [1.165, 1.54) is 5.56 Å². The molecule has 1 saturated heterocycles. The van der Waals surface area contributed by atoms with E-state index in [0.29, 0.717) is 54.1 Å². The first-order valence-electron chi connectivity index (χ1n) is 10.8. The molecule has 0 atom stereocenters. The van der Waals surface area contributed by atoms with Gasteiger partial charge in [0, 0.05) is 37.4 Å². The van der Waals surface area contributed by atoms with Gasteiger partial charge in [-0.1, -0.05) is 38.1 Å². The van der Waals surface area contributed by atoms with Crippen LogP contribution in [0.5, 0.6) is 0 Å². The summed E-state index contributed by atoms with van der Waals surface area (Å²) >= 11 is 0. The monoisotopic (exact) mass is 420 g/mol. The quantitative estimate of drug-likeness (QED) is 0.641. The zero-order valence-electron chi connectivity index (χ0n) is 18.5. The van der Waals surface area contributed by atoms with Crippen molar-refractivity contribution < 1.29 is 14.1 Å². The third-order valence-electron chi connectivity index (χ3n) is 5.92. The van der Waals surface area contributed by atoms with Gasteiger partial charge in [0.1, 0.15) is 0 Å². The smallest absolute Gasteiger partial charge is 0.259 e. The van der Waals surface area contributed by atoms with Crippen LogP contribution < -0.4 is 0 Å². The highest BCUT2D eigenvalue weighted by Crippen LogP contribution is 2.26. The first kappa shape index (κ1) is 21.0. The fourth-order valence-electron chi connectivity index (χ4n) is 3.93. The lowest BCUT2D eigenvalue weighted by atomic mass is 10.0. The average Bonchev–Trinajstić information content (AvgIpc) is 3.18. The predicted octanol–water partition coefficient (Wildman–Crippen LogP) is 3.82. The minimum Gasteiger partial charge on any atom is -0.336 e. The lowest BCUT2D eigenvalue weighted by molar-refractivity contribution is 0.0536. The summed E-state index contributed by atoms with van der Waals surface area (Å²) in [5, 5.41) is 4.67. The minimum atomic E-state index is -0.0694. The van der Waals surface area contributed by atoms with Gasteiger partial charge in [-0.2, -0.15) is 0 Å². The number of carbonyl (C=O) groups is 2. The minimum absolute atomic E-state index is 0.0121. The molecule has 1 aromatic carbocycles. The molecule has 0 spiro atoms. The zero-order valence-corrected chi connectivity index (χ0v) is 18.5. The standard InChI is InChI=1S/C24H28N4O3/c1-5-17-6-8-18(9-7-17)23(29)27-10-12-28(13-11-27)24(30)19-14-20(15(2)3)25-22-21(19)16(4)26-31-22/h6-9,14-15H,5,10-13H2,1-4H3. The maximum Gasteiger partial charge on any atom is 0.259 e. The lowest BCUT2D eigenvalue weighted by Gasteiger charge is -2.35. The van der Waals surface area contributed by atoms with Crippen molar-refractivity contribution >= 4 is 22.9 Å². The third-order valence-corrected chi connectivity index (χ3v) is 5.92. The Balaban J connectivity index is 1.50. The summed E-state index contributed by atoms with van der Waals surface area (Å²) in [6, 6.07) is 9.61. The number of pyridine rings is 1. The first-order chi connectivity index (χ1) is 14.9. The molecule has 31 heavy (non-hydrogen) atoms. The van der Waals surface area contributed by atoms with Gasteiger partial charge in [-0.15, -0.1) is 0 Å². The molecule has 7 heteroatoms. The van der Waals surface area contributed by atoms with E-state index in [1.807, 2.05) is 56.0 Å². The van der Waals surface area contributed by atoms with E-state index in [-0.39, 0.29) is 17.7 Å². The molecule has 2 amide bonds. The molecule has 0 unspecified atom stereocenters. The van der Waals surface area contributed by atoms with Crippen LogP contribution in [0.25, 0.3) is 11.1 Å². The zero-order chi connectivity index (χ0) is 22.1. The van der Waals surface area contributed by atoms with E-state index in [9.17, 15) is 9.59 Å². The Hall–Kier alpha value is -3.22. The lowest BCUT2D eigenvalue weighted by Crippen LogP contribution is -2.50. The van der Waals surface area contributed by atoms with Gasteiger partial charge < -0.3 is 14.3 Å². The Kier molecular flexibility index (Phi) is 5.76. The van der Waals surface area contributed by atoms with Crippen LogP contribution in [0.3, 0.4) is 0 Å². The van der Waals surface area contributed by atoms with E-state index < -0.39 is 0 Å². The fraction of sp³-hybridized carbons (Fsp3) is 0.417. The van der Waals surface area contributed by atoms with Crippen LogP contribution in [-0.2, 0) is 6.42 Å². The number of rotatable bonds is 4. The topological polar surface area (TPSA) is 79.5 Å². The summed E-state index contributed by atoms with van der Waals surface area (Å²) in [6.45, 7) is 9.97. The van der Waals surface area contributed by atoms with E-state index in [0.717, 1.165) is 12.1 Å². The van der Waals surface area contributed by atoms with Gasteiger partial charge in [0.05, 0.1) is 16.6 Å². The van der Waals surface area contributed by atoms with Crippen molar-refractivity contribution in [3.63, 3.8) is 0 Å². The molecule has 1 fully saturated rings. The van der Waals surface area contributed by atoms with Gasteiger partial charge in [-0.3, -0.25) is 9.59 Å². The number of aryl methyl sites for hydroxylation is 2. The third kappa shape index (κ3) is 4.04. The van der Waals surface area contributed by atoms with Crippen LogP contribution in [0.2, 0.25) is 0 Å². The fourth-order valence-corrected chi connectivity index (χ4v) is 3.93. The van der Waals surface area contributed by atoms with Crippen molar-refractivity contribution in [2.24, 2.45) is 0 Å². The molecule has 0 bridgehead atoms. The molecule has 0 N–H and O–H groups in total. The van der Waals surface area contributed by atoms with Gasteiger partial charge in [-0.05, 0) is 43.0 Å². The number of nitrogens with zero attached hydrogens (tertiary/aromatic N) is 4. The maximum absolute atomic E-state index is 13.4. The summed E-state index contributed by atoms with van der Waals surface area (Å²) in [5.74, 6) is 0.105. The van der Waals surface area contributed by atoms with Gasteiger partial charge in [0.15, 0.2) is 0 Å². The summed E-state index contributed by atoms with van der Waals surface area (Å²) in [6.07, 6.45) is 0.946. The first-order valence-corrected chi connectivity index (χ1v) is 10.8. The van der Waals surface area contributed by atoms with Crippen LogP contribution in [0.4, 0.5) is 0 Å². The van der Waals surface area contributed by atoms with Crippen LogP contribution in [0, 0.1) is 6.92 Å². The molecule has 162 valence electrons. The van der Waals surface area contributed by atoms with Gasteiger partial charge in [-0.25, -0.2) is 4.98 Å². The Labute approximate surface area is 182 Å². The Bertz CT molecular complexity index is 1110. The molecular weight excluding hydrogens is 392 g/mol. The largest absolute Gasteiger partial charge is 0.336 e. The molecule has 0 aliphatic carbocycles. The highest BCUT2D eigenvalue weighted by atomic mass is 16.5. The van der Waals surface area contributed by atoms with Crippen molar-refractivity contribution in [2.45, 2.75) is 40.0 Å². The van der Waals surface area contributed by atoms with E-state index in [4.69, 9.17) is 4.52 Å². The number of hydrogen-bond acceptors (Lipinski definition) is 5. The SMILES string of the molecule is CCc1ccc(C(=O)N2CCN(C(=O)c3cc(C(C)C)nc4onc(C)c34)CC2)cc1. The van der Waals surface area contributed by atoms with Crippen molar-refractivity contribution in [3.05, 3.63) is 58.4 Å². The molecule has 1 aliphatic rings. The van der Waals surface area contributed by atoms with Gasteiger partial charge >= 0.3 is 0 Å². The van der Waals surface area contributed by atoms with Crippen LogP contribution >= 0.6 is 0 Å². The van der Waals surface area contributed by atoms with E-state index in [2.05, 4.69) is 17.1 Å². The van der Waals surface area contributed by atoms with Crippen molar-refractivity contribution in [3.8, 4) is 0 Å². The number of piperazine rings is 1. The van der Waals surface area contributed by atoms with Crippen LogP contribution in [-0.4, -0.2) is 57.9 Å². The van der Waals surface area contributed by atoms with Gasteiger partial charge in [0.25, 0.3) is 17.5 Å². The second-order valence-corrected chi connectivity index (χ2v) is 8.33. The summed E-state index contributed by atoms with van der Waals surface area (Å²) < 4.78 is 5.35. The van der Waals surface area contributed by atoms with Crippen molar-refractivity contribution in [1.82, 2.24) is 19.9 Å². The number of hydrogen-bond donors (Lipinski definition) is 0. The van der Waals surface area contributed by atoms with Crippen molar-refractivity contribution in [1.29, 1.82) is 0 Å². The summed E-state index contributed by atoms with van der Waals surface area (Å²) in [5.41, 5.74) is 4.33. The van der Waals surface area contributed by atoms with Crippen LogP contribution in [0.1, 0.15) is 64.4 Å². The van der Waals surface area contributed by atoms with Crippen LogP contribution in [0.15, 0.2) is 34.9 Å². The number of carbonyl (C=O) groups excluding carboxylic acids is 2. The summed E-state index contributed by atoms with van der Waals surface area (Å²) in [7, 11) is 0. The second-order valence-electron chi connectivity index (χ2n) is 8.33. The van der Waals surface area contributed by atoms with Gasteiger partial charge in [0.2, 0.25) is 0 Å². The summed E-state index contributed by atoms with van der Waals surface area (Å²) in [4.78, 5) is 34.4. The molecule has 3 aromatic rings. The highest BCUT2D eigenvalue weighted by Gasteiger charge is 2.28. The molecule has 2 aromatic heterocycles.